The maximum absolute atomic E-state index is 14.1. The first-order chi connectivity index (χ1) is 48.9. The van der Waals surface area contributed by atoms with E-state index in [1.54, 1.807) is 48.5 Å². The molecule has 13 rings (SSSR count). The Morgan fingerprint density at radius 1 is 0.461 bits per heavy atom. The molecule has 9 N–H and O–H groups in total. The normalized spacial score (nSPS) is 23.0. The molecule has 20 nitrogen and oxygen atoms in total. The van der Waals surface area contributed by atoms with Gasteiger partial charge in [0.2, 0.25) is 17.7 Å². The van der Waals surface area contributed by atoms with Gasteiger partial charge in [-0.3, -0.25) is 28.8 Å². The van der Waals surface area contributed by atoms with Gasteiger partial charge in [-0.2, -0.15) is 5.10 Å². The summed E-state index contributed by atoms with van der Waals surface area (Å²) >= 11 is 0. The lowest BCUT2D eigenvalue weighted by molar-refractivity contribution is -0.136. The molecular formula is C73H80F9N11O9. The Hall–Kier alpha value is -9.35. The largest absolute Gasteiger partial charge is 0.496 e. The minimum absolute atomic E-state index is 0.0134. The van der Waals surface area contributed by atoms with Gasteiger partial charge in [-0.25, -0.2) is 39.5 Å². The van der Waals surface area contributed by atoms with E-state index < -0.39 is 82.3 Å². The van der Waals surface area contributed by atoms with Gasteiger partial charge in [0.25, 0.3) is 17.7 Å². The van der Waals surface area contributed by atoms with Gasteiger partial charge in [0.05, 0.1) is 37.9 Å². The number of hydrogen-bond donors (Lipinski definition) is 6. The molecule has 29 heteroatoms. The fourth-order valence-corrected chi connectivity index (χ4v) is 15.9. The minimum atomic E-state index is -1.23. The Morgan fingerprint density at radius 3 is 1.22 bits per heavy atom. The number of ether oxygens (including phenoxy) is 3. The summed E-state index contributed by atoms with van der Waals surface area (Å²) in [5, 5.41) is 15.3. The Bertz CT molecular complexity index is 4030. The summed E-state index contributed by atoms with van der Waals surface area (Å²) in [4.78, 5) is 81.7. The van der Waals surface area contributed by atoms with Gasteiger partial charge >= 0.3 is 0 Å². The van der Waals surface area contributed by atoms with E-state index in [9.17, 15) is 68.3 Å². The predicted molar refractivity (Wildman–Crippen MR) is 353 cm³/mol. The summed E-state index contributed by atoms with van der Waals surface area (Å²) in [6, 6.07) is 17.7. The lowest BCUT2D eigenvalue weighted by Gasteiger charge is -2.41. The van der Waals surface area contributed by atoms with E-state index in [2.05, 4.69) is 26.1 Å². The van der Waals surface area contributed by atoms with Crippen molar-refractivity contribution in [3.63, 3.8) is 0 Å². The van der Waals surface area contributed by atoms with Crippen LogP contribution in [0.1, 0.15) is 125 Å². The number of aromatic nitrogens is 2. The van der Waals surface area contributed by atoms with Gasteiger partial charge in [-0.15, -0.1) is 5.10 Å². The number of nitrogens with two attached hydrogens (primary N) is 3. The second kappa shape index (κ2) is 32.7. The molecule has 1 aromatic heterocycles. The smallest absolute Gasteiger partial charge is 0.272 e. The number of halogens is 9. The highest BCUT2D eigenvalue weighted by molar-refractivity contribution is 6.00. The molecule has 12 atom stereocenters. The fourth-order valence-electron chi connectivity index (χ4n) is 15.9. The van der Waals surface area contributed by atoms with Crippen molar-refractivity contribution >= 4 is 35.4 Å². The summed E-state index contributed by atoms with van der Waals surface area (Å²) in [5.41, 5.74) is 20.0. The molecule has 102 heavy (non-hydrogen) atoms. The first-order valence-electron chi connectivity index (χ1n) is 34.2. The molecule has 0 saturated carbocycles. The number of carbonyl (C=O) groups is 6. The van der Waals surface area contributed by atoms with Crippen LogP contribution in [0.3, 0.4) is 0 Å². The summed E-state index contributed by atoms with van der Waals surface area (Å²) in [7, 11) is 1.48. The van der Waals surface area contributed by atoms with Gasteiger partial charge in [0.1, 0.15) is 36.4 Å². The van der Waals surface area contributed by atoms with Gasteiger partial charge in [0, 0.05) is 78.8 Å². The van der Waals surface area contributed by atoms with Crippen molar-refractivity contribution in [2.45, 2.75) is 151 Å². The molecule has 7 aliphatic heterocycles. The Morgan fingerprint density at radius 2 is 0.824 bits per heavy atom. The highest BCUT2D eigenvalue weighted by atomic mass is 19.2. The third-order valence-electron chi connectivity index (χ3n) is 20.8. The van der Waals surface area contributed by atoms with E-state index in [-0.39, 0.29) is 139 Å². The zero-order valence-corrected chi connectivity index (χ0v) is 55.9. The minimum Gasteiger partial charge on any atom is -0.496 e. The number of amides is 6. The topological polar surface area (TPSA) is 280 Å². The Balaban J connectivity index is 0.000000154. The highest BCUT2D eigenvalue weighted by Crippen LogP contribution is 2.44. The van der Waals surface area contributed by atoms with Gasteiger partial charge in [0.15, 0.2) is 52.1 Å². The van der Waals surface area contributed by atoms with Crippen LogP contribution >= 0.6 is 0 Å². The molecule has 7 aliphatic rings. The average Bonchev–Trinajstić information content (AvgIpc) is 1.65. The molecule has 6 fully saturated rings. The molecule has 544 valence electrons. The first-order valence-corrected chi connectivity index (χ1v) is 34.2. The summed E-state index contributed by atoms with van der Waals surface area (Å²) in [6.45, 7) is 0.348. The van der Waals surface area contributed by atoms with Gasteiger partial charge < -0.3 is 62.1 Å². The molecule has 0 aliphatic carbocycles. The molecule has 3 unspecified atom stereocenters. The standard InChI is InChI=1S/C26H28F3N3O4.C25H28F3N3O3.C22H24F3N5O2/c27-19-12-21(29)20(28)10-14(19)11-22(30)15-8-16-4-5-17(9-15)32(16)24(33)13-31-26(34)18-2-1-3-23-25(18)36-7-6-35-23;1-34-23-5-3-2-4-18(23)25(33)30-13-24(32)31-16-6-7-17(31)9-15(8-16)22(29)11-14-10-20(27)21(28)12-19(14)26;23-16-10-18(25)17(24)8-12(16)9-19(26)13-6-14-3-4-15(7-13)30(14)21(31)11-27-22(32)20-2-1-5-28-29-20/h1-3,10,12,15-17,22H,4-9,11,13,30H2,(H,31,34);2-5,10,12,15-17,22H,6-9,11,13,29H2,1H3,(H,30,33);1-2,5,8,10,13-15,19H,3-4,6-7,9,11,26H2,(H,27,32)/t2*15?,16-,17+,22-;13?,14-,15+,19-/m111/s1. The van der Waals surface area contributed by atoms with Crippen molar-refractivity contribution in [1.82, 2.24) is 40.8 Å². The van der Waals surface area contributed by atoms with E-state index in [1.807, 2.05) is 14.7 Å². The second-order valence-corrected chi connectivity index (χ2v) is 27.1. The number of nitrogens with one attached hydrogen (secondary N) is 3. The van der Waals surface area contributed by atoms with Crippen molar-refractivity contribution in [2.24, 2.45) is 35.0 Å². The van der Waals surface area contributed by atoms with Gasteiger partial charge in [-0.05, 0) is 185 Å². The van der Waals surface area contributed by atoms with Crippen LogP contribution in [0, 0.1) is 70.1 Å². The lowest BCUT2D eigenvalue weighted by atomic mass is 9.82. The lowest BCUT2D eigenvalue weighted by Crippen LogP contribution is -2.52. The monoisotopic (exact) mass is 1430 g/mol. The van der Waals surface area contributed by atoms with Crippen LogP contribution in [0.4, 0.5) is 39.5 Å². The number of para-hydroxylation sites is 2. The van der Waals surface area contributed by atoms with Crippen LogP contribution < -0.4 is 47.4 Å². The number of fused-ring (bicyclic) bond motifs is 7. The van der Waals surface area contributed by atoms with Crippen LogP contribution in [0.2, 0.25) is 0 Å². The molecule has 5 aromatic carbocycles. The van der Waals surface area contributed by atoms with Crippen molar-refractivity contribution in [1.29, 1.82) is 0 Å². The Labute approximate surface area is 582 Å². The molecule has 6 bridgehead atoms. The molecule has 8 heterocycles. The van der Waals surface area contributed by atoms with E-state index in [0.717, 1.165) is 56.7 Å². The van der Waals surface area contributed by atoms with E-state index in [4.69, 9.17) is 31.4 Å². The zero-order valence-electron chi connectivity index (χ0n) is 55.9. The van der Waals surface area contributed by atoms with Gasteiger partial charge in [-0.1, -0.05) is 18.2 Å². The number of hydrogen-bond acceptors (Lipinski definition) is 14. The van der Waals surface area contributed by atoms with E-state index >= 15 is 0 Å². The molecule has 0 spiro atoms. The molecule has 0 radical (unpaired) electrons. The zero-order chi connectivity index (χ0) is 72.6. The molecular weight excluding hydrogens is 1350 g/mol. The SMILES string of the molecule is COc1ccccc1C(=O)NCC(=O)N1[C@@H]2CC[C@H]1CC([C@H](N)Cc1cc(F)c(F)cc1F)C2.N[C@H](Cc1cc(F)c(F)cc1F)C1C[C@H]2CC[C@@H](C1)N2C(=O)CNC(=O)c1cccc2c1OCCO2.N[C@H](Cc1cc(F)c(F)cc1F)C1C[C@H]2CC[C@@H](C1)N2C(=O)CNC(=O)c1cccnn1. The van der Waals surface area contributed by atoms with Crippen molar-refractivity contribution in [2.75, 3.05) is 40.0 Å². The van der Waals surface area contributed by atoms with E-state index in [1.165, 1.54) is 19.4 Å². The highest BCUT2D eigenvalue weighted by Gasteiger charge is 2.48. The molecule has 6 amide bonds. The van der Waals surface area contributed by atoms with Crippen molar-refractivity contribution in [3.05, 3.63) is 183 Å². The molecule has 6 aromatic rings. The summed E-state index contributed by atoms with van der Waals surface area (Å²) in [6.07, 6.45) is 10.6. The van der Waals surface area contributed by atoms with E-state index in [0.29, 0.717) is 98.3 Å². The fraction of sp³-hybridized carbons (Fsp3) is 0.452. The van der Waals surface area contributed by atoms with Crippen LogP contribution in [0.5, 0.6) is 17.2 Å². The third kappa shape index (κ3) is 17.1. The van der Waals surface area contributed by atoms with Crippen molar-refractivity contribution in [3.8, 4) is 17.2 Å². The number of rotatable bonds is 19. The summed E-state index contributed by atoms with van der Waals surface area (Å²) < 4.78 is 139. The van der Waals surface area contributed by atoms with Crippen LogP contribution in [0.25, 0.3) is 0 Å². The number of piperidine rings is 3. The average molecular weight is 1430 g/mol. The number of carbonyl (C=O) groups excluding carboxylic acids is 6. The molecule has 6 saturated heterocycles. The van der Waals surface area contributed by atoms with Crippen LogP contribution in [0.15, 0.2) is 97.2 Å². The predicted octanol–water partition coefficient (Wildman–Crippen LogP) is 8.09. The maximum atomic E-state index is 14.1. The number of benzene rings is 5. The van der Waals surface area contributed by atoms with Crippen molar-refractivity contribution < 1.29 is 82.5 Å². The van der Waals surface area contributed by atoms with Crippen LogP contribution in [-0.4, -0.2) is 155 Å². The third-order valence-corrected chi connectivity index (χ3v) is 20.8. The van der Waals surface area contributed by atoms with Crippen LogP contribution in [-0.2, 0) is 33.6 Å². The first kappa shape index (κ1) is 73.9. The summed E-state index contributed by atoms with van der Waals surface area (Å²) in [5.74, 6) is -9.80. The second-order valence-electron chi connectivity index (χ2n) is 27.1. The number of nitrogens with zero attached hydrogens (tertiary/aromatic N) is 5. The quantitative estimate of drug-likeness (QED) is 0.0330. The maximum Gasteiger partial charge on any atom is 0.272 e. The Kier molecular flexibility index (Phi) is 23.7. The number of methoxy groups -OCH3 is 1.